The number of amides is 1. The molecule has 2 saturated heterocycles. The van der Waals surface area contributed by atoms with E-state index < -0.39 is 0 Å². The third kappa shape index (κ3) is 4.18. The predicted octanol–water partition coefficient (Wildman–Crippen LogP) is 2.54. The zero-order valence-electron chi connectivity index (χ0n) is 18.3. The molecule has 164 valence electrons. The van der Waals surface area contributed by atoms with E-state index >= 15 is 0 Å². The number of ether oxygens (including phenoxy) is 1. The van der Waals surface area contributed by atoms with Gasteiger partial charge in [0.15, 0.2) is 0 Å². The van der Waals surface area contributed by atoms with Gasteiger partial charge in [-0.15, -0.1) is 0 Å². The lowest BCUT2D eigenvalue weighted by molar-refractivity contribution is -0.136. The fourth-order valence-corrected chi connectivity index (χ4v) is 5.01. The lowest BCUT2D eigenvalue weighted by atomic mass is 9.86. The van der Waals surface area contributed by atoms with Gasteiger partial charge in [0.2, 0.25) is 11.9 Å². The Balaban J connectivity index is 1.18. The molecule has 0 unspecified atom stereocenters. The number of aryl methyl sites for hydroxylation is 1. The summed E-state index contributed by atoms with van der Waals surface area (Å²) in [5.74, 6) is 2.09. The number of carbonyl (C=O) groups excluding carboxylic acids is 1. The second-order valence-electron chi connectivity index (χ2n) is 8.79. The highest BCUT2D eigenvalue weighted by molar-refractivity contribution is 5.80. The minimum Gasteiger partial charge on any atom is -0.497 e. The molecule has 0 bridgehead atoms. The van der Waals surface area contributed by atoms with Crippen LogP contribution in [0.5, 0.6) is 5.75 Å². The lowest BCUT2D eigenvalue weighted by Crippen LogP contribution is -2.51. The van der Waals surface area contributed by atoms with Crippen LogP contribution in [0.3, 0.4) is 0 Å². The number of fused-ring (bicyclic) bond motifs is 1. The van der Waals surface area contributed by atoms with E-state index in [1.165, 1.54) is 18.5 Å². The molecule has 2 aliphatic heterocycles. The number of benzene rings is 1. The Hall–Kier alpha value is -2.83. The summed E-state index contributed by atoms with van der Waals surface area (Å²) in [7, 11) is 1.68. The van der Waals surface area contributed by atoms with E-state index in [0.717, 1.165) is 81.5 Å². The first kappa shape index (κ1) is 20.1. The third-order valence-corrected chi connectivity index (χ3v) is 6.90. The number of methoxy groups -OCH3 is 1. The van der Waals surface area contributed by atoms with Gasteiger partial charge in [0.05, 0.1) is 7.11 Å². The molecule has 3 aliphatic rings. The first-order valence-corrected chi connectivity index (χ1v) is 11.5. The van der Waals surface area contributed by atoms with Crippen LogP contribution >= 0.6 is 0 Å². The van der Waals surface area contributed by atoms with Crippen LogP contribution in [-0.4, -0.2) is 67.2 Å². The third-order valence-electron chi connectivity index (χ3n) is 6.90. The van der Waals surface area contributed by atoms with Gasteiger partial charge in [0.25, 0.3) is 0 Å². The maximum Gasteiger partial charge on any atom is 0.226 e. The van der Waals surface area contributed by atoms with Crippen molar-refractivity contribution < 1.29 is 9.53 Å². The van der Waals surface area contributed by atoms with Crippen molar-refractivity contribution in [3.63, 3.8) is 0 Å². The standard InChI is InChI=1S/C24H31N5O2/c1-31-21-7-5-20(6-8-21)27-12-14-28(15-13-27)23(30)18-4-9-22-19(16-18)17-25-24(26-22)29-10-2-3-11-29/h5-8,17-18H,2-4,9-16H2,1H3/t18-/m1/s1. The average Bonchev–Trinajstić information content (AvgIpc) is 3.38. The quantitative estimate of drug-likeness (QED) is 0.756. The fourth-order valence-electron chi connectivity index (χ4n) is 5.01. The summed E-state index contributed by atoms with van der Waals surface area (Å²) in [5.41, 5.74) is 3.49. The minimum atomic E-state index is 0.0567. The van der Waals surface area contributed by atoms with Gasteiger partial charge in [0, 0.05) is 62.8 Å². The summed E-state index contributed by atoms with van der Waals surface area (Å²) < 4.78 is 5.25. The molecule has 2 aromatic rings. The van der Waals surface area contributed by atoms with Crippen molar-refractivity contribution in [3.8, 4) is 5.75 Å². The summed E-state index contributed by atoms with van der Waals surface area (Å²) in [6.07, 6.45) is 6.96. The van der Waals surface area contributed by atoms with Crippen LogP contribution in [0.1, 0.15) is 30.5 Å². The smallest absolute Gasteiger partial charge is 0.226 e. The maximum atomic E-state index is 13.2. The molecule has 1 atom stereocenters. The highest BCUT2D eigenvalue weighted by Gasteiger charge is 2.31. The molecular formula is C24H31N5O2. The SMILES string of the molecule is COc1ccc(N2CCN(C(=O)[C@@H]3CCc4nc(N5CCCC5)ncc4C3)CC2)cc1. The van der Waals surface area contributed by atoms with Crippen molar-refractivity contribution in [1.82, 2.24) is 14.9 Å². The Bertz CT molecular complexity index is 918. The molecule has 0 N–H and O–H groups in total. The van der Waals surface area contributed by atoms with Crippen LogP contribution in [0.15, 0.2) is 30.5 Å². The Morgan fingerprint density at radius 2 is 1.74 bits per heavy atom. The number of nitrogens with zero attached hydrogens (tertiary/aromatic N) is 5. The van der Waals surface area contributed by atoms with Gasteiger partial charge in [-0.3, -0.25) is 4.79 Å². The number of piperazine rings is 1. The number of hydrogen-bond acceptors (Lipinski definition) is 6. The minimum absolute atomic E-state index is 0.0567. The Labute approximate surface area is 184 Å². The van der Waals surface area contributed by atoms with Crippen molar-refractivity contribution in [2.45, 2.75) is 32.1 Å². The number of anilines is 2. The number of aromatic nitrogens is 2. The predicted molar refractivity (Wildman–Crippen MR) is 121 cm³/mol. The van der Waals surface area contributed by atoms with Crippen molar-refractivity contribution in [2.75, 3.05) is 56.2 Å². The highest BCUT2D eigenvalue weighted by Crippen LogP contribution is 2.28. The van der Waals surface area contributed by atoms with Crippen LogP contribution in [0.25, 0.3) is 0 Å². The number of hydrogen-bond donors (Lipinski definition) is 0. The summed E-state index contributed by atoms with van der Waals surface area (Å²) in [6, 6.07) is 8.16. The van der Waals surface area contributed by atoms with Crippen molar-refractivity contribution >= 4 is 17.5 Å². The van der Waals surface area contributed by atoms with Crippen LogP contribution in [0.2, 0.25) is 0 Å². The fraction of sp³-hybridized carbons (Fsp3) is 0.542. The molecule has 7 heteroatoms. The average molecular weight is 422 g/mol. The zero-order chi connectivity index (χ0) is 21.2. The normalized spacial score (nSPS) is 21.2. The second-order valence-corrected chi connectivity index (χ2v) is 8.79. The molecule has 0 saturated carbocycles. The van der Waals surface area contributed by atoms with Gasteiger partial charge >= 0.3 is 0 Å². The molecule has 7 nitrogen and oxygen atoms in total. The first-order valence-electron chi connectivity index (χ1n) is 11.5. The van der Waals surface area contributed by atoms with E-state index in [1.807, 2.05) is 18.3 Å². The Morgan fingerprint density at radius 3 is 2.45 bits per heavy atom. The van der Waals surface area contributed by atoms with Crippen molar-refractivity contribution in [2.24, 2.45) is 5.92 Å². The monoisotopic (exact) mass is 421 g/mol. The second kappa shape index (κ2) is 8.73. The molecule has 0 spiro atoms. The van der Waals surface area contributed by atoms with Crippen LogP contribution < -0.4 is 14.5 Å². The van der Waals surface area contributed by atoms with E-state index in [0.29, 0.717) is 5.91 Å². The van der Waals surface area contributed by atoms with Gasteiger partial charge in [-0.05, 0) is 61.9 Å². The zero-order valence-corrected chi connectivity index (χ0v) is 18.3. The van der Waals surface area contributed by atoms with Crippen LogP contribution in [0, 0.1) is 5.92 Å². The molecule has 1 aliphatic carbocycles. The van der Waals surface area contributed by atoms with Crippen molar-refractivity contribution in [3.05, 3.63) is 41.7 Å². The van der Waals surface area contributed by atoms with E-state index in [2.05, 4.69) is 31.8 Å². The molecule has 0 radical (unpaired) electrons. The van der Waals surface area contributed by atoms with Crippen LogP contribution in [-0.2, 0) is 17.6 Å². The summed E-state index contributed by atoms with van der Waals surface area (Å²) in [6.45, 7) is 5.40. The topological polar surface area (TPSA) is 61.8 Å². The van der Waals surface area contributed by atoms with Gasteiger partial charge in [0.1, 0.15) is 5.75 Å². The molecule has 2 fully saturated rings. The molecular weight excluding hydrogens is 390 g/mol. The van der Waals surface area contributed by atoms with Gasteiger partial charge in [-0.25, -0.2) is 9.97 Å². The Morgan fingerprint density at radius 1 is 1.00 bits per heavy atom. The first-order chi connectivity index (χ1) is 15.2. The maximum absolute atomic E-state index is 13.2. The lowest BCUT2D eigenvalue weighted by Gasteiger charge is -2.38. The van der Waals surface area contributed by atoms with Crippen LogP contribution in [0.4, 0.5) is 11.6 Å². The molecule has 1 aromatic heterocycles. The molecule has 1 amide bonds. The highest BCUT2D eigenvalue weighted by atomic mass is 16.5. The van der Waals surface area contributed by atoms with E-state index in [-0.39, 0.29) is 5.92 Å². The molecule has 3 heterocycles. The summed E-state index contributed by atoms with van der Waals surface area (Å²) in [4.78, 5) is 29.3. The molecule has 31 heavy (non-hydrogen) atoms. The van der Waals surface area contributed by atoms with Gasteiger partial charge < -0.3 is 19.4 Å². The molecule has 5 rings (SSSR count). The summed E-state index contributed by atoms with van der Waals surface area (Å²) in [5, 5.41) is 0. The summed E-state index contributed by atoms with van der Waals surface area (Å²) >= 11 is 0. The van der Waals surface area contributed by atoms with E-state index in [4.69, 9.17) is 9.72 Å². The van der Waals surface area contributed by atoms with Gasteiger partial charge in [-0.1, -0.05) is 0 Å². The van der Waals surface area contributed by atoms with E-state index in [9.17, 15) is 4.79 Å². The molecule has 1 aromatic carbocycles. The van der Waals surface area contributed by atoms with E-state index in [1.54, 1.807) is 7.11 Å². The largest absolute Gasteiger partial charge is 0.497 e. The van der Waals surface area contributed by atoms with Gasteiger partial charge in [-0.2, -0.15) is 0 Å². The number of carbonyl (C=O) groups is 1. The number of rotatable bonds is 4. The Kier molecular flexibility index (Phi) is 5.66. The van der Waals surface area contributed by atoms with Crippen molar-refractivity contribution in [1.29, 1.82) is 0 Å².